The van der Waals surface area contributed by atoms with Crippen LogP contribution in [0.1, 0.15) is 26.2 Å². The van der Waals surface area contributed by atoms with Crippen LogP contribution in [0.15, 0.2) is 11.3 Å². The van der Waals surface area contributed by atoms with Gasteiger partial charge in [0.05, 0.1) is 0 Å². The SMILES string of the molecule is CC1=C(OS(=O)(=O)C(F)(F)C(F)(F)C(F)(F)C(F)(F)F)CCCC1=O. The smallest absolute Gasteiger partial charge is 0.382 e. The molecule has 0 heterocycles. The molecule has 0 atom stereocenters. The van der Waals surface area contributed by atoms with E-state index < -0.39 is 56.9 Å². The fourth-order valence-electron chi connectivity index (χ4n) is 1.75. The van der Waals surface area contributed by atoms with E-state index in [2.05, 4.69) is 4.18 Å². The summed E-state index contributed by atoms with van der Waals surface area (Å²) in [6.07, 6.45) is -7.92. The molecule has 14 heteroatoms. The number of hydrogen-bond donors (Lipinski definition) is 0. The van der Waals surface area contributed by atoms with E-state index in [1.54, 1.807) is 0 Å². The van der Waals surface area contributed by atoms with Crippen LogP contribution in [0.2, 0.25) is 0 Å². The van der Waals surface area contributed by atoms with Gasteiger partial charge in [0, 0.05) is 18.4 Å². The Balaban J connectivity index is 3.36. The van der Waals surface area contributed by atoms with Crippen molar-refractivity contribution < 1.29 is 56.9 Å². The molecular formula is C11H9F9O4S. The second-order valence-electron chi connectivity index (χ2n) is 5.03. The average molecular weight is 408 g/mol. The molecule has 0 aromatic heterocycles. The average Bonchev–Trinajstić information content (AvgIpc) is 2.41. The quantitative estimate of drug-likeness (QED) is 0.513. The Labute approximate surface area is 134 Å². The van der Waals surface area contributed by atoms with E-state index >= 15 is 0 Å². The molecule has 1 rings (SSSR count). The van der Waals surface area contributed by atoms with Crippen molar-refractivity contribution in [2.24, 2.45) is 0 Å². The fourth-order valence-corrected chi connectivity index (χ4v) is 2.77. The van der Waals surface area contributed by atoms with E-state index in [0.717, 1.165) is 6.92 Å². The van der Waals surface area contributed by atoms with Gasteiger partial charge in [-0.15, -0.1) is 0 Å². The Bertz CT molecular complexity index is 691. The molecule has 146 valence electrons. The van der Waals surface area contributed by atoms with E-state index in [1.165, 1.54) is 0 Å². The summed E-state index contributed by atoms with van der Waals surface area (Å²) in [4.78, 5) is 11.3. The Kier molecular flexibility index (Phi) is 5.22. The number of hydrogen-bond acceptors (Lipinski definition) is 4. The minimum Gasteiger partial charge on any atom is -0.382 e. The number of carbonyl (C=O) groups is 1. The van der Waals surface area contributed by atoms with Crippen molar-refractivity contribution >= 4 is 15.9 Å². The summed E-state index contributed by atoms with van der Waals surface area (Å²) in [6.45, 7) is 0.896. The number of carbonyl (C=O) groups excluding carboxylic acids is 1. The van der Waals surface area contributed by atoms with Crippen LogP contribution in [-0.2, 0) is 19.1 Å². The van der Waals surface area contributed by atoms with E-state index in [-0.39, 0.29) is 12.8 Å². The van der Waals surface area contributed by atoms with Gasteiger partial charge in [-0.25, -0.2) is 0 Å². The van der Waals surface area contributed by atoms with E-state index in [4.69, 9.17) is 0 Å². The maximum Gasteiger partial charge on any atom is 0.460 e. The first-order valence-electron chi connectivity index (χ1n) is 6.27. The Hall–Kier alpha value is -1.47. The van der Waals surface area contributed by atoms with Crippen LogP contribution in [0.3, 0.4) is 0 Å². The summed E-state index contributed by atoms with van der Waals surface area (Å²) in [5, 5.41) is -6.94. The number of alkyl halides is 9. The number of allylic oxidation sites excluding steroid dienone is 2. The van der Waals surface area contributed by atoms with E-state index in [9.17, 15) is 52.7 Å². The van der Waals surface area contributed by atoms with Crippen LogP contribution >= 0.6 is 0 Å². The second-order valence-corrected chi connectivity index (χ2v) is 6.61. The van der Waals surface area contributed by atoms with Crippen molar-refractivity contribution in [3.8, 4) is 0 Å². The van der Waals surface area contributed by atoms with E-state index in [0.29, 0.717) is 0 Å². The van der Waals surface area contributed by atoms with Gasteiger partial charge in [0.1, 0.15) is 5.76 Å². The third kappa shape index (κ3) is 3.31. The molecular weight excluding hydrogens is 399 g/mol. The third-order valence-electron chi connectivity index (χ3n) is 3.28. The van der Waals surface area contributed by atoms with Gasteiger partial charge in [0.15, 0.2) is 5.78 Å². The maximum atomic E-state index is 13.4. The van der Waals surface area contributed by atoms with Crippen molar-refractivity contribution in [2.75, 3.05) is 0 Å². The summed E-state index contributed by atoms with van der Waals surface area (Å²) < 4.78 is 141. The summed E-state index contributed by atoms with van der Waals surface area (Å²) in [6, 6.07) is 0. The molecule has 0 aromatic carbocycles. The Morgan fingerprint density at radius 1 is 0.880 bits per heavy atom. The Morgan fingerprint density at radius 2 is 1.36 bits per heavy atom. The highest BCUT2D eigenvalue weighted by atomic mass is 32.2. The highest BCUT2D eigenvalue weighted by Crippen LogP contribution is 2.55. The van der Waals surface area contributed by atoms with Crippen LogP contribution < -0.4 is 0 Å². The molecule has 0 N–H and O–H groups in total. The zero-order valence-electron chi connectivity index (χ0n) is 12.1. The lowest BCUT2D eigenvalue weighted by Gasteiger charge is -2.33. The summed E-state index contributed by atoms with van der Waals surface area (Å²) in [7, 11) is -6.99. The minimum atomic E-state index is -7.37. The molecule has 0 saturated heterocycles. The Morgan fingerprint density at radius 3 is 1.80 bits per heavy atom. The molecule has 0 aliphatic heterocycles. The van der Waals surface area contributed by atoms with Gasteiger partial charge < -0.3 is 4.18 Å². The molecule has 0 saturated carbocycles. The number of halogens is 9. The summed E-state index contributed by atoms with van der Waals surface area (Å²) >= 11 is 0. The van der Waals surface area contributed by atoms with Gasteiger partial charge in [-0.05, 0) is 13.3 Å². The van der Waals surface area contributed by atoms with Crippen molar-refractivity contribution in [3.05, 3.63) is 11.3 Å². The maximum absolute atomic E-state index is 13.4. The molecule has 1 aliphatic rings. The number of ketones is 1. The van der Waals surface area contributed by atoms with Gasteiger partial charge >= 0.3 is 33.4 Å². The van der Waals surface area contributed by atoms with Gasteiger partial charge in [0.2, 0.25) is 0 Å². The topological polar surface area (TPSA) is 60.4 Å². The second kappa shape index (κ2) is 6.06. The molecule has 25 heavy (non-hydrogen) atoms. The molecule has 1 aliphatic carbocycles. The largest absolute Gasteiger partial charge is 0.460 e. The number of rotatable bonds is 5. The van der Waals surface area contributed by atoms with Crippen molar-refractivity contribution in [1.29, 1.82) is 0 Å². The van der Waals surface area contributed by atoms with Gasteiger partial charge in [-0.2, -0.15) is 47.9 Å². The fraction of sp³-hybridized carbons (Fsp3) is 0.727. The first kappa shape index (κ1) is 21.6. The first-order valence-corrected chi connectivity index (χ1v) is 7.68. The lowest BCUT2D eigenvalue weighted by molar-refractivity contribution is -0.382. The van der Waals surface area contributed by atoms with Crippen LogP contribution in [-0.4, -0.2) is 37.5 Å². The van der Waals surface area contributed by atoms with Gasteiger partial charge in [-0.1, -0.05) is 0 Å². The molecule has 0 radical (unpaired) electrons. The van der Waals surface area contributed by atoms with Crippen molar-refractivity contribution in [1.82, 2.24) is 0 Å². The number of Topliss-reactive ketones (excluding diaryl/α,β-unsaturated/α-hetero) is 1. The minimum absolute atomic E-state index is 0.123. The molecule has 0 aromatic rings. The third-order valence-corrected chi connectivity index (χ3v) is 4.59. The molecule has 0 unspecified atom stereocenters. The van der Waals surface area contributed by atoms with Crippen molar-refractivity contribution in [2.45, 2.75) is 49.5 Å². The standard InChI is InChI=1S/C11H9F9O4S/c1-5-6(21)3-2-4-7(5)24-25(22,23)11(19,20)9(14,15)8(12,13)10(16,17)18/h2-4H2,1H3. The van der Waals surface area contributed by atoms with Crippen LogP contribution in [0.5, 0.6) is 0 Å². The zero-order chi connectivity index (χ0) is 20.1. The molecule has 0 amide bonds. The van der Waals surface area contributed by atoms with Gasteiger partial charge in [0.25, 0.3) is 0 Å². The zero-order valence-corrected chi connectivity index (χ0v) is 12.9. The van der Waals surface area contributed by atoms with Crippen molar-refractivity contribution in [3.63, 3.8) is 0 Å². The van der Waals surface area contributed by atoms with Crippen LogP contribution in [0.25, 0.3) is 0 Å². The molecule has 4 nitrogen and oxygen atoms in total. The predicted molar refractivity (Wildman–Crippen MR) is 62.5 cm³/mol. The molecule has 0 bridgehead atoms. The van der Waals surface area contributed by atoms with Gasteiger partial charge in [-0.3, -0.25) is 4.79 Å². The van der Waals surface area contributed by atoms with Crippen LogP contribution in [0, 0.1) is 0 Å². The molecule has 0 fully saturated rings. The molecule has 0 spiro atoms. The summed E-state index contributed by atoms with van der Waals surface area (Å²) in [5.41, 5.74) is -0.545. The highest BCUT2D eigenvalue weighted by molar-refractivity contribution is 7.88. The predicted octanol–water partition coefficient (Wildman–Crippen LogP) is 3.79. The normalized spacial score (nSPS) is 18.6. The lowest BCUT2D eigenvalue weighted by atomic mass is 9.98. The summed E-state index contributed by atoms with van der Waals surface area (Å²) in [5.74, 6) is -16.6. The van der Waals surface area contributed by atoms with E-state index in [1.807, 2.05) is 0 Å². The monoisotopic (exact) mass is 408 g/mol. The lowest BCUT2D eigenvalue weighted by Crippen LogP contribution is -2.63. The highest BCUT2D eigenvalue weighted by Gasteiger charge is 2.86. The first-order chi connectivity index (χ1) is 10.9. The van der Waals surface area contributed by atoms with Crippen LogP contribution in [0.4, 0.5) is 39.5 Å².